The number of fused-ring (bicyclic) bond motifs is 1. The molecule has 0 amide bonds. The van der Waals surface area contributed by atoms with Crippen molar-refractivity contribution in [3.8, 4) is 0 Å². The molecular formula is C15H17NOS. The van der Waals surface area contributed by atoms with Gasteiger partial charge in [-0.05, 0) is 22.9 Å². The Labute approximate surface area is 111 Å². The summed E-state index contributed by atoms with van der Waals surface area (Å²) >= 11 is 1.75. The van der Waals surface area contributed by atoms with E-state index in [1.165, 1.54) is 10.1 Å². The fourth-order valence-corrected chi connectivity index (χ4v) is 3.05. The Morgan fingerprint density at radius 2 is 2.06 bits per heavy atom. The molecule has 1 atom stereocenters. The number of aliphatic imine (C=N–C) groups is 1. The minimum atomic E-state index is 0.165. The standard InChI is InChI=1S/C15H17NOS/c1-15(2,3)13-9-17-14(16-13)12-8-10-6-4-5-7-11(10)18-12/h4-8,13H,9H2,1-3H3. The van der Waals surface area contributed by atoms with Gasteiger partial charge in [-0.2, -0.15) is 0 Å². The van der Waals surface area contributed by atoms with Gasteiger partial charge in [0, 0.05) is 4.70 Å². The third-order valence-corrected chi connectivity index (χ3v) is 4.39. The molecule has 0 radical (unpaired) electrons. The Hall–Kier alpha value is -1.35. The summed E-state index contributed by atoms with van der Waals surface area (Å²) in [5.41, 5.74) is 0.165. The van der Waals surface area contributed by atoms with Gasteiger partial charge in [0.25, 0.3) is 0 Å². The highest BCUT2D eigenvalue weighted by Crippen LogP contribution is 2.31. The van der Waals surface area contributed by atoms with Crippen molar-refractivity contribution in [2.75, 3.05) is 6.61 Å². The van der Waals surface area contributed by atoms with Crippen LogP contribution in [-0.4, -0.2) is 18.5 Å². The molecule has 0 spiro atoms. The summed E-state index contributed by atoms with van der Waals surface area (Å²) < 4.78 is 7.06. The quantitative estimate of drug-likeness (QED) is 0.755. The maximum absolute atomic E-state index is 5.77. The van der Waals surface area contributed by atoms with Crippen LogP contribution in [0.15, 0.2) is 35.3 Å². The van der Waals surface area contributed by atoms with Gasteiger partial charge in [-0.1, -0.05) is 39.0 Å². The van der Waals surface area contributed by atoms with Crippen LogP contribution in [0.5, 0.6) is 0 Å². The van der Waals surface area contributed by atoms with Gasteiger partial charge in [0.1, 0.15) is 6.61 Å². The zero-order valence-electron chi connectivity index (χ0n) is 10.9. The molecule has 0 bridgehead atoms. The van der Waals surface area contributed by atoms with Crippen molar-refractivity contribution in [3.63, 3.8) is 0 Å². The van der Waals surface area contributed by atoms with E-state index in [4.69, 9.17) is 9.73 Å². The van der Waals surface area contributed by atoms with E-state index in [0.29, 0.717) is 6.61 Å². The van der Waals surface area contributed by atoms with Gasteiger partial charge in [-0.15, -0.1) is 11.3 Å². The fraction of sp³-hybridized carbons (Fsp3) is 0.400. The van der Waals surface area contributed by atoms with Gasteiger partial charge in [-0.25, -0.2) is 4.99 Å². The van der Waals surface area contributed by atoms with Crippen LogP contribution in [0.2, 0.25) is 0 Å². The summed E-state index contributed by atoms with van der Waals surface area (Å²) in [5, 5.41) is 1.27. The van der Waals surface area contributed by atoms with Gasteiger partial charge in [0.2, 0.25) is 5.90 Å². The molecule has 1 aromatic heterocycles. The Bertz CT molecular complexity index is 573. The van der Waals surface area contributed by atoms with Crippen LogP contribution in [0.3, 0.4) is 0 Å². The Kier molecular flexibility index (Phi) is 2.67. The first-order valence-corrected chi connectivity index (χ1v) is 7.05. The van der Waals surface area contributed by atoms with Crippen molar-refractivity contribution in [2.24, 2.45) is 10.4 Å². The smallest absolute Gasteiger partial charge is 0.226 e. The lowest BCUT2D eigenvalue weighted by atomic mass is 9.88. The maximum atomic E-state index is 5.77. The third kappa shape index (κ3) is 2.03. The summed E-state index contributed by atoms with van der Waals surface area (Å²) in [7, 11) is 0. The average molecular weight is 259 g/mol. The Balaban J connectivity index is 1.96. The van der Waals surface area contributed by atoms with Crippen molar-refractivity contribution in [1.82, 2.24) is 0 Å². The van der Waals surface area contributed by atoms with E-state index in [1.54, 1.807) is 11.3 Å². The van der Waals surface area contributed by atoms with Crippen LogP contribution in [0, 0.1) is 5.41 Å². The summed E-state index contributed by atoms with van der Waals surface area (Å²) in [6.07, 6.45) is 0. The van der Waals surface area contributed by atoms with Crippen molar-refractivity contribution in [1.29, 1.82) is 0 Å². The van der Waals surface area contributed by atoms with Gasteiger partial charge in [-0.3, -0.25) is 0 Å². The maximum Gasteiger partial charge on any atom is 0.226 e. The van der Waals surface area contributed by atoms with Crippen molar-refractivity contribution in [2.45, 2.75) is 26.8 Å². The Morgan fingerprint density at radius 1 is 1.28 bits per heavy atom. The van der Waals surface area contributed by atoms with Gasteiger partial charge < -0.3 is 4.74 Å². The van der Waals surface area contributed by atoms with Crippen molar-refractivity contribution in [3.05, 3.63) is 35.2 Å². The number of benzene rings is 1. The fourth-order valence-electron chi connectivity index (χ4n) is 2.04. The monoisotopic (exact) mass is 259 g/mol. The largest absolute Gasteiger partial charge is 0.475 e. The van der Waals surface area contributed by atoms with Crippen molar-refractivity contribution < 1.29 is 4.74 Å². The first kappa shape index (κ1) is 11.7. The van der Waals surface area contributed by atoms with Gasteiger partial charge >= 0.3 is 0 Å². The number of hydrogen-bond donors (Lipinski definition) is 0. The minimum Gasteiger partial charge on any atom is -0.475 e. The predicted octanol–water partition coefficient (Wildman–Crippen LogP) is 4.09. The molecule has 18 heavy (non-hydrogen) atoms. The molecule has 0 N–H and O–H groups in total. The summed E-state index contributed by atoms with van der Waals surface area (Å²) in [5.74, 6) is 0.816. The van der Waals surface area contributed by atoms with E-state index in [1.807, 2.05) is 0 Å². The van der Waals surface area contributed by atoms with Crippen LogP contribution in [0.4, 0.5) is 0 Å². The highest BCUT2D eigenvalue weighted by Gasteiger charge is 2.31. The van der Waals surface area contributed by atoms with Crippen LogP contribution in [0.1, 0.15) is 25.6 Å². The van der Waals surface area contributed by atoms with E-state index >= 15 is 0 Å². The molecule has 2 nitrogen and oxygen atoms in total. The zero-order chi connectivity index (χ0) is 12.8. The summed E-state index contributed by atoms with van der Waals surface area (Å²) in [6, 6.07) is 10.8. The van der Waals surface area contributed by atoms with Crippen LogP contribution in [0.25, 0.3) is 10.1 Å². The molecule has 0 aliphatic carbocycles. The molecular weight excluding hydrogens is 242 g/mol. The van der Waals surface area contributed by atoms with Crippen molar-refractivity contribution >= 4 is 27.3 Å². The first-order valence-electron chi connectivity index (χ1n) is 6.23. The molecule has 1 unspecified atom stereocenters. The second-order valence-corrected chi connectivity index (χ2v) is 6.86. The number of nitrogens with zero attached hydrogens (tertiary/aromatic N) is 1. The predicted molar refractivity (Wildman–Crippen MR) is 77.6 cm³/mol. The highest BCUT2D eigenvalue weighted by molar-refractivity contribution is 7.20. The summed E-state index contributed by atoms with van der Waals surface area (Å²) in [6.45, 7) is 7.32. The number of rotatable bonds is 1. The van der Waals surface area contributed by atoms with E-state index in [0.717, 1.165) is 10.8 Å². The number of ether oxygens (including phenoxy) is 1. The van der Waals surface area contributed by atoms with Crippen LogP contribution in [-0.2, 0) is 4.74 Å². The lowest BCUT2D eigenvalue weighted by molar-refractivity contribution is 0.236. The lowest BCUT2D eigenvalue weighted by Gasteiger charge is -2.21. The molecule has 2 aromatic rings. The Morgan fingerprint density at radius 3 is 2.72 bits per heavy atom. The molecule has 3 rings (SSSR count). The zero-order valence-corrected chi connectivity index (χ0v) is 11.8. The molecule has 1 aliphatic rings. The molecule has 94 valence electrons. The van der Waals surface area contributed by atoms with E-state index in [-0.39, 0.29) is 11.5 Å². The van der Waals surface area contributed by atoms with E-state index in [2.05, 4.69) is 51.1 Å². The average Bonchev–Trinajstić information content (AvgIpc) is 2.94. The van der Waals surface area contributed by atoms with Crippen LogP contribution < -0.4 is 0 Å². The van der Waals surface area contributed by atoms with E-state index < -0.39 is 0 Å². The molecule has 3 heteroatoms. The van der Waals surface area contributed by atoms with E-state index in [9.17, 15) is 0 Å². The second kappa shape index (κ2) is 4.09. The lowest BCUT2D eigenvalue weighted by Crippen LogP contribution is -2.25. The molecule has 2 heterocycles. The molecule has 0 fully saturated rings. The third-order valence-electron chi connectivity index (χ3n) is 3.29. The molecule has 1 aromatic carbocycles. The molecule has 0 saturated heterocycles. The minimum absolute atomic E-state index is 0.165. The summed E-state index contributed by atoms with van der Waals surface area (Å²) in [4.78, 5) is 5.87. The molecule has 0 saturated carbocycles. The van der Waals surface area contributed by atoms with Gasteiger partial charge in [0.05, 0.1) is 10.9 Å². The normalized spacial score (nSPS) is 19.9. The first-order chi connectivity index (χ1) is 8.54. The highest BCUT2D eigenvalue weighted by atomic mass is 32.1. The SMILES string of the molecule is CC(C)(C)C1COC(c2cc3ccccc3s2)=N1. The second-order valence-electron chi connectivity index (χ2n) is 5.78. The number of hydrogen-bond acceptors (Lipinski definition) is 3. The van der Waals surface area contributed by atoms with Crippen LogP contribution >= 0.6 is 11.3 Å². The molecule has 1 aliphatic heterocycles. The van der Waals surface area contributed by atoms with Gasteiger partial charge in [0.15, 0.2) is 0 Å². The topological polar surface area (TPSA) is 21.6 Å². The number of thiophene rings is 1.